The highest BCUT2D eigenvalue weighted by Gasteiger charge is 2.24. The number of nitrogens with zero attached hydrogens (tertiary/aromatic N) is 2. The Morgan fingerprint density at radius 1 is 1.24 bits per heavy atom. The van der Waals surface area contributed by atoms with E-state index in [9.17, 15) is 4.39 Å². The van der Waals surface area contributed by atoms with Gasteiger partial charge in [-0.2, -0.15) is 0 Å². The maximum atomic E-state index is 13.2. The van der Waals surface area contributed by atoms with Crippen molar-refractivity contribution >= 4 is 17.4 Å². The minimum atomic E-state index is -0.387. The van der Waals surface area contributed by atoms with Gasteiger partial charge in [-0.15, -0.1) is 0 Å². The normalized spacial score (nSPS) is 16.3. The number of benzene rings is 1. The maximum Gasteiger partial charge on any atom is 0.150 e. The highest BCUT2D eigenvalue weighted by Crippen LogP contribution is 2.37. The van der Waals surface area contributed by atoms with E-state index < -0.39 is 0 Å². The van der Waals surface area contributed by atoms with E-state index in [0.29, 0.717) is 23.0 Å². The van der Waals surface area contributed by atoms with Crippen molar-refractivity contribution in [2.24, 2.45) is 0 Å². The number of aromatic nitrogens is 2. The third-order valence-electron chi connectivity index (χ3n) is 4.13. The maximum absolute atomic E-state index is 13.2. The largest absolute Gasteiger partial charge is 0.382 e. The average molecular weight is 309 g/mol. The summed E-state index contributed by atoms with van der Waals surface area (Å²) in [7, 11) is 0. The van der Waals surface area contributed by atoms with Gasteiger partial charge in [0.2, 0.25) is 0 Å². The molecule has 112 valence electrons. The molecular weight excluding hydrogens is 291 g/mol. The van der Waals surface area contributed by atoms with Gasteiger partial charge in [0.15, 0.2) is 5.82 Å². The first-order valence-electron chi connectivity index (χ1n) is 7.16. The molecule has 0 unspecified atom stereocenters. The fourth-order valence-corrected chi connectivity index (χ4v) is 3.25. The molecule has 3 rings (SSSR count). The predicted molar refractivity (Wildman–Crippen MR) is 83.0 cm³/mol. The van der Waals surface area contributed by atoms with E-state index in [2.05, 4.69) is 4.98 Å². The van der Waals surface area contributed by atoms with Crippen molar-refractivity contribution in [3.8, 4) is 11.3 Å². The summed E-state index contributed by atoms with van der Waals surface area (Å²) in [6.07, 6.45) is 5.77. The van der Waals surface area contributed by atoms with Crippen LogP contribution in [-0.4, -0.2) is 9.66 Å². The van der Waals surface area contributed by atoms with E-state index in [0.717, 1.165) is 18.7 Å². The van der Waals surface area contributed by atoms with Gasteiger partial charge in [0.05, 0.1) is 5.02 Å². The Morgan fingerprint density at radius 2 is 1.95 bits per heavy atom. The zero-order chi connectivity index (χ0) is 15.0. The number of halogens is 2. The summed E-state index contributed by atoms with van der Waals surface area (Å²) < 4.78 is 14.6. The minimum absolute atomic E-state index is 0.287. The molecule has 1 aromatic carbocycles. The van der Waals surface area contributed by atoms with Crippen molar-refractivity contribution in [1.29, 1.82) is 0 Å². The monoisotopic (exact) mass is 308 g/mol. The summed E-state index contributed by atoms with van der Waals surface area (Å²) in [4.78, 5) is 4.60. The van der Waals surface area contributed by atoms with Crippen molar-refractivity contribution in [2.75, 3.05) is 11.6 Å². The van der Waals surface area contributed by atoms with Crippen LogP contribution < -0.4 is 11.6 Å². The van der Waals surface area contributed by atoms with E-state index in [4.69, 9.17) is 23.2 Å². The molecule has 0 atom stereocenters. The van der Waals surface area contributed by atoms with Crippen molar-refractivity contribution < 1.29 is 4.39 Å². The standard InChI is InChI=1S/C15H18ClFN4/c16-12-8-10(17)6-7-11(12)13-14(18)21(19)15(20-13)9-4-2-1-3-5-9/h6-9H,1-5,18-19H2. The van der Waals surface area contributed by atoms with Gasteiger partial charge in [-0.25, -0.2) is 14.1 Å². The van der Waals surface area contributed by atoms with Crippen molar-refractivity contribution in [1.82, 2.24) is 9.66 Å². The molecule has 1 heterocycles. The molecule has 1 fully saturated rings. The Labute approximate surface area is 127 Å². The number of anilines is 1. The number of rotatable bonds is 2. The summed E-state index contributed by atoms with van der Waals surface area (Å²) in [6.45, 7) is 0. The molecule has 4 nitrogen and oxygen atoms in total. The van der Waals surface area contributed by atoms with Crippen LogP contribution >= 0.6 is 11.6 Å². The second-order valence-corrected chi connectivity index (χ2v) is 5.94. The molecule has 1 aliphatic rings. The Hall–Kier alpha value is -1.75. The van der Waals surface area contributed by atoms with Crippen LogP contribution in [0.4, 0.5) is 10.2 Å². The van der Waals surface area contributed by atoms with Gasteiger partial charge >= 0.3 is 0 Å². The van der Waals surface area contributed by atoms with Crippen LogP contribution in [0, 0.1) is 5.82 Å². The summed E-state index contributed by atoms with van der Waals surface area (Å²) in [5.41, 5.74) is 7.21. The van der Waals surface area contributed by atoms with E-state index in [1.165, 1.54) is 36.1 Å². The molecule has 0 aliphatic heterocycles. The van der Waals surface area contributed by atoms with Gasteiger partial charge in [0, 0.05) is 11.5 Å². The molecule has 21 heavy (non-hydrogen) atoms. The molecule has 0 bridgehead atoms. The number of imidazole rings is 1. The molecule has 0 spiro atoms. The van der Waals surface area contributed by atoms with Crippen molar-refractivity contribution in [3.05, 3.63) is 34.9 Å². The lowest BCUT2D eigenvalue weighted by Crippen LogP contribution is -2.19. The van der Waals surface area contributed by atoms with Crippen LogP contribution in [0.3, 0.4) is 0 Å². The number of nitrogens with two attached hydrogens (primary N) is 2. The summed E-state index contributed by atoms with van der Waals surface area (Å²) in [6, 6.07) is 4.18. The minimum Gasteiger partial charge on any atom is -0.382 e. The lowest BCUT2D eigenvalue weighted by molar-refractivity contribution is 0.424. The molecule has 0 radical (unpaired) electrons. The molecule has 2 aromatic rings. The highest BCUT2D eigenvalue weighted by atomic mass is 35.5. The smallest absolute Gasteiger partial charge is 0.150 e. The van der Waals surface area contributed by atoms with Gasteiger partial charge < -0.3 is 11.6 Å². The quantitative estimate of drug-likeness (QED) is 0.831. The first-order valence-corrected chi connectivity index (χ1v) is 7.54. The first kappa shape index (κ1) is 14.2. The molecular formula is C15H18ClFN4. The van der Waals surface area contributed by atoms with Gasteiger partial charge in [-0.1, -0.05) is 30.9 Å². The Balaban J connectivity index is 2.03. The van der Waals surface area contributed by atoms with Gasteiger partial charge in [0.25, 0.3) is 0 Å². The lowest BCUT2D eigenvalue weighted by atomic mass is 9.89. The van der Waals surface area contributed by atoms with Gasteiger partial charge in [0.1, 0.15) is 17.3 Å². The summed E-state index contributed by atoms with van der Waals surface area (Å²) in [5.74, 6) is 7.17. The Morgan fingerprint density at radius 3 is 2.62 bits per heavy atom. The Bertz CT molecular complexity index is 662. The topological polar surface area (TPSA) is 69.9 Å². The van der Waals surface area contributed by atoms with E-state index in [1.807, 2.05) is 0 Å². The lowest BCUT2D eigenvalue weighted by Gasteiger charge is -2.20. The van der Waals surface area contributed by atoms with Gasteiger partial charge in [-0.05, 0) is 31.0 Å². The fraction of sp³-hybridized carbons (Fsp3) is 0.400. The molecule has 1 aliphatic carbocycles. The molecule has 0 amide bonds. The number of nitrogen functional groups attached to an aromatic ring is 2. The summed E-state index contributed by atoms with van der Waals surface area (Å²) >= 11 is 6.10. The second-order valence-electron chi connectivity index (χ2n) is 5.53. The fourth-order valence-electron chi connectivity index (χ4n) is 2.99. The van der Waals surface area contributed by atoms with Crippen molar-refractivity contribution in [3.63, 3.8) is 0 Å². The highest BCUT2D eigenvalue weighted by molar-refractivity contribution is 6.33. The van der Waals surface area contributed by atoms with Crippen LogP contribution in [0.5, 0.6) is 0 Å². The van der Waals surface area contributed by atoms with E-state index in [-0.39, 0.29) is 10.8 Å². The van der Waals surface area contributed by atoms with Crippen LogP contribution in [0.25, 0.3) is 11.3 Å². The number of hydrogen-bond donors (Lipinski definition) is 2. The van der Waals surface area contributed by atoms with Crippen molar-refractivity contribution in [2.45, 2.75) is 38.0 Å². The molecule has 6 heteroatoms. The first-order chi connectivity index (χ1) is 10.1. The van der Waals surface area contributed by atoms with E-state index >= 15 is 0 Å². The third-order valence-corrected chi connectivity index (χ3v) is 4.44. The van der Waals surface area contributed by atoms with Crippen LogP contribution in [0.1, 0.15) is 43.8 Å². The molecule has 4 N–H and O–H groups in total. The number of hydrogen-bond acceptors (Lipinski definition) is 3. The molecule has 1 saturated carbocycles. The zero-order valence-corrected chi connectivity index (χ0v) is 12.4. The SMILES string of the molecule is Nc1c(-c2ccc(F)cc2Cl)nc(C2CCCCC2)n1N. The zero-order valence-electron chi connectivity index (χ0n) is 11.6. The Kier molecular flexibility index (Phi) is 3.76. The second kappa shape index (κ2) is 5.56. The van der Waals surface area contributed by atoms with Crippen LogP contribution in [0.15, 0.2) is 18.2 Å². The molecule has 1 aromatic heterocycles. The predicted octanol–water partition coefficient (Wildman–Crippen LogP) is 3.69. The van der Waals surface area contributed by atoms with E-state index in [1.54, 1.807) is 6.07 Å². The average Bonchev–Trinajstić information content (AvgIpc) is 2.77. The van der Waals surface area contributed by atoms with Crippen LogP contribution in [0.2, 0.25) is 5.02 Å². The molecule has 0 saturated heterocycles. The third kappa shape index (κ3) is 2.58. The van der Waals surface area contributed by atoms with Crippen LogP contribution in [-0.2, 0) is 0 Å². The van der Waals surface area contributed by atoms with Gasteiger partial charge in [-0.3, -0.25) is 0 Å². The summed E-state index contributed by atoms with van der Waals surface area (Å²) in [5, 5.41) is 0.287.